The Balaban J connectivity index is 1.72. The lowest BCUT2D eigenvalue weighted by Gasteiger charge is -2.16. The first-order valence-electron chi connectivity index (χ1n) is 6.94. The second kappa shape index (κ2) is 5.76. The van der Waals surface area contributed by atoms with Crippen LogP contribution in [-0.2, 0) is 0 Å². The minimum Gasteiger partial charge on any atom is -0.493 e. The first kappa shape index (κ1) is 13.3. The van der Waals surface area contributed by atoms with Crippen molar-refractivity contribution in [1.29, 1.82) is 0 Å². The van der Waals surface area contributed by atoms with E-state index in [9.17, 15) is 0 Å². The number of hydrogen-bond acceptors (Lipinski definition) is 2. The van der Waals surface area contributed by atoms with Crippen LogP contribution in [0.25, 0.3) is 0 Å². The maximum Gasteiger partial charge on any atom is 0.122 e. The van der Waals surface area contributed by atoms with Gasteiger partial charge in [0.1, 0.15) is 5.75 Å². The van der Waals surface area contributed by atoms with Gasteiger partial charge in [0.25, 0.3) is 0 Å². The van der Waals surface area contributed by atoms with Crippen molar-refractivity contribution in [2.45, 2.75) is 18.2 Å². The number of hydrogen-bond donors (Lipinski definition) is 1. The third-order valence-electron chi connectivity index (χ3n) is 3.73. The van der Waals surface area contributed by atoms with Gasteiger partial charge in [-0.25, -0.2) is 0 Å². The Bertz CT molecular complexity index is 597. The highest BCUT2D eigenvalue weighted by Crippen LogP contribution is 2.34. The van der Waals surface area contributed by atoms with Crippen LogP contribution in [0.3, 0.4) is 0 Å². The maximum absolute atomic E-state index is 6.22. The van der Waals surface area contributed by atoms with Gasteiger partial charge in [0.15, 0.2) is 0 Å². The van der Waals surface area contributed by atoms with Crippen molar-refractivity contribution in [2.75, 3.05) is 18.5 Å². The van der Waals surface area contributed by atoms with Gasteiger partial charge in [0.2, 0.25) is 0 Å². The summed E-state index contributed by atoms with van der Waals surface area (Å²) in [4.78, 5) is 0. The fourth-order valence-electron chi connectivity index (χ4n) is 2.64. The summed E-state index contributed by atoms with van der Waals surface area (Å²) in [6.45, 7) is 3.60. The molecule has 1 heterocycles. The summed E-state index contributed by atoms with van der Waals surface area (Å²) in [5.74, 6) is 1.41. The van der Waals surface area contributed by atoms with Crippen LogP contribution in [0.1, 0.15) is 29.3 Å². The third kappa shape index (κ3) is 2.61. The highest BCUT2D eigenvalue weighted by Gasteiger charge is 2.23. The zero-order chi connectivity index (χ0) is 13.9. The molecule has 2 nitrogen and oxygen atoms in total. The van der Waals surface area contributed by atoms with Crippen LogP contribution in [0.15, 0.2) is 48.5 Å². The molecule has 0 saturated carbocycles. The average Bonchev–Trinajstić information content (AvgIpc) is 2.88. The van der Waals surface area contributed by atoms with Crippen LogP contribution in [0.2, 0.25) is 0 Å². The molecule has 0 amide bonds. The van der Waals surface area contributed by atoms with Crippen LogP contribution in [0.4, 0.5) is 5.69 Å². The van der Waals surface area contributed by atoms with Gasteiger partial charge in [-0.05, 0) is 24.6 Å². The Morgan fingerprint density at radius 2 is 1.95 bits per heavy atom. The summed E-state index contributed by atoms with van der Waals surface area (Å²) in [6, 6.07) is 16.5. The van der Waals surface area contributed by atoms with Crippen LogP contribution in [0.5, 0.6) is 5.75 Å². The number of anilines is 1. The van der Waals surface area contributed by atoms with E-state index < -0.39 is 0 Å². The monoisotopic (exact) mass is 287 g/mol. The summed E-state index contributed by atoms with van der Waals surface area (Å²) >= 11 is 6.22. The van der Waals surface area contributed by atoms with Crippen molar-refractivity contribution in [3.05, 3.63) is 59.7 Å². The van der Waals surface area contributed by atoms with E-state index in [1.165, 1.54) is 5.56 Å². The van der Waals surface area contributed by atoms with Crippen molar-refractivity contribution >= 4 is 17.3 Å². The van der Waals surface area contributed by atoms with Gasteiger partial charge in [0, 0.05) is 23.7 Å². The average molecular weight is 288 g/mol. The first-order valence-corrected chi connectivity index (χ1v) is 7.38. The second-order valence-electron chi connectivity index (χ2n) is 5.13. The standard InChI is InChI=1S/C17H18ClNO/c1-12(18)14-6-2-4-8-16(14)19-10-13-11-20-17-9-5-3-7-15(13)17/h2-9,12-13,19H,10-11H2,1H3. The summed E-state index contributed by atoms with van der Waals surface area (Å²) in [5.41, 5.74) is 3.54. The van der Waals surface area contributed by atoms with Crippen molar-refractivity contribution in [3.63, 3.8) is 0 Å². The molecule has 20 heavy (non-hydrogen) atoms. The highest BCUT2D eigenvalue weighted by atomic mass is 35.5. The SMILES string of the molecule is CC(Cl)c1ccccc1NCC1COc2ccccc21. The fraction of sp³-hybridized carbons (Fsp3) is 0.294. The van der Waals surface area contributed by atoms with Crippen molar-refractivity contribution in [1.82, 2.24) is 0 Å². The maximum atomic E-state index is 6.22. The summed E-state index contributed by atoms with van der Waals surface area (Å²) in [6.07, 6.45) is 0. The van der Waals surface area contributed by atoms with Crippen LogP contribution in [-0.4, -0.2) is 13.2 Å². The summed E-state index contributed by atoms with van der Waals surface area (Å²) in [7, 11) is 0. The molecule has 1 aliphatic heterocycles. The molecular formula is C17H18ClNO. The van der Waals surface area contributed by atoms with E-state index in [2.05, 4.69) is 29.6 Å². The molecule has 104 valence electrons. The normalized spacial score (nSPS) is 18.2. The van der Waals surface area contributed by atoms with E-state index in [-0.39, 0.29) is 5.38 Å². The predicted octanol–water partition coefficient (Wildman–Crippen LogP) is 4.57. The molecule has 2 aromatic carbocycles. The largest absolute Gasteiger partial charge is 0.493 e. The van der Waals surface area contributed by atoms with Crippen LogP contribution < -0.4 is 10.1 Å². The molecule has 2 atom stereocenters. The molecule has 1 N–H and O–H groups in total. The molecule has 0 bridgehead atoms. The van der Waals surface area contributed by atoms with Crippen molar-refractivity contribution < 1.29 is 4.74 Å². The van der Waals surface area contributed by atoms with Crippen molar-refractivity contribution in [3.8, 4) is 5.75 Å². The lowest BCUT2D eigenvalue weighted by atomic mass is 10.0. The fourth-order valence-corrected chi connectivity index (χ4v) is 2.83. The third-order valence-corrected chi connectivity index (χ3v) is 3.96. The van der Waals surface area contributed by atoms with E-state index in [0.717, 1.165) is 30.2 Å². The van der Waals surface area contributed by atoms with Gasteiger partial charge in [-0.15, -0.1) is 11.6 Å². The first-order chi connectivity index (χ1) is 9.75. The quantitative estimate of drug-likeness (QED) is 0.832. The van der Waals surface area contributed by atoms with Crippen molar-refractivity contribution in [2.24, 2.45) is 0 Å². The Morgan fingerprint density at radius 1 is 1.20 bits per heavy atom. The minimum atomic E-state index is 0.00538. The van der Waals surface area contributed by atoms with Gasteiger partial charge in [0.05, 0.1) is 12.0 Å². The molecule has 0 fully saturated rings. The zero-order valence-corrected chi connectivity index (χ0v) is 12.2. The van der Waals surface area contributed by atoms with E-state index in [0.29, 0.717) is 5.92 Å². The number of alkyl halides is 1. The number of ether oxygens (including phenoxy) is 1. The molecule has 0 saturated heterocycles. The van der Waals surface area contributed by atoms with Gasteiger partial charge in [-0.2, -0.15) is 0 Å². The molecule has 3 rings (SSSR count). The number of halogens is 1. The summed E-state index contributed by atoms with van der Waals surface area (Å²) < 4.78 is 5.71. The zero-order valence-electron chi connectivity index (χ0n) is 11.5. The molecular weight excluding hydrogens is 270 g/mol. The molecule has 0 aromatic heterocycles. The van der Waals surface area contributed by atoms with E-state index in [4.69, 9.17) is 16.3 Å². The van der Waals surface area contributed by atoms with Crippen LogP contribution in [0, 0.1) is 0 Å². The van der Waals surface area contributed by atoms with E-state index >= 15 is 0 Å². The summed E-state index contributed by atoms with van der Waals surface area (Å²) in [5, 5.41) is 3.52. The second-order valence-corrected chi connectivity index (χ2v) is 5.78. The Morgan fingerprint density at radius 3 is 2.80 bits per heavy atom. The molecule has 0 aliphatic carbocycles. The van der Waals surface area contributed by atoms with Gasteiger partial charge < -0.3 is 10.1 Å². The van der Waals surface area contributed by atoms with Gasteiger partial charge in [-0.1, -0.05) is 36.4 Å². The predicted molar refractivity (Wildman–Crippen MR) is 83.9 cm³/mol. The Labute approximate surface area is 124 Å². The molecule has 0 spiro atoms. The lowest BCUT2D eigenvalue weighted by molar-refractivity contribution is 0.334. The lowest BCUT2D eigenvalue weighted by Crippen LogP contribution is -2.14. The molecule has 3 heteroatoms. The number of fused-ring (bicyclic) bond motifs is 1. The minimum absolute atomic E-state index is 0.00538. The number of para-hydroxylation sites is 2. The molecule has 2 unspecified atom stereocenters. The smallest absolute Gasteiger partial charge is 0.122 e. The van der Waals surface area contributed by atoms with E-state index in [1.54, 1.807) is 0 Å². The Kier molecular flexibility index (Phi) is 3.83. The highest BCUT2D eigenvalue weighted by molar-refractivity contribution is 6.21. The van der Waals surface area contributed by atoms with Gasteiger partial charge >= 0.3 is 0 Å². The van der Waals surface area contributed by atoms with E-state index in [1.807, 2.05) is 31.2 Å². The number of benzene rings is 2. The molecule has 1 aliphatic rings. The molecule has 2 aromatic rings. The van der Waals surface area contributed by atoms with Gasteiger partial charge in [-0.3, -0.25) is 0 Å². The number of nitrogens with one attached hydrogen (secondary N) is 1. The number of rotatable bonds is 4. The molecule has 0 radical (unpaired) electrons. The Hall–Kier alpha value is -1.67. The topological polar surface area (TPSA) is 21.3 Å². The van der Waals surface area contributed by atoms with Crippen LogP contribution >= 0.6 is 11.6 Å².